The summed E-state index contributed by atoms with van der Waals surface area (Å²) in [6.45, 7) is 0. The molecule has 0 fully saturated rings. The van der Waals surface area contributed by atoms with Gasteiger partial charge in [-0.05, 0) is 30.3 Å². The van der Waals surface area contributed by atoms with Crippen molar-refractivity contribution >= 4 is 21.5 Å². The Kier molecular flexibility index (Phi) is 4.81. The number of fused-ring (bicyclic) bond motifs is 1. The molecule has 9 heteroatoms. The Morgan fingerprint density at radius 3 is 2.52 bits per heavy atom. The molecule has 2 heterocycles. The lowest BCUT2D eigenvalue weighted by Crippen LogP contribution is -2.14. The lowest BCUT2D eigenvalue weighted by molar-refractivity contribution is 0.386. The molecule has 0 aliphatic rings. The molecule has 29 heavy (non-hydrogen) atoms. The van der Waals surface area contributed by atoms with Gasteiger partial charge in [-0.15, -0.1) is 0 Å². The van der Waals surface area contributed by atoms with E-state index in [1.807, 2.05) is 22.9 Å². The lowest BCUT2D eigenvalue weighted by Gasteiger charge is -2.13. The molecule has 4 aromatic rings. The van der Waals surface area contributed by atoms with E-state index in [9.17, 15) is 8.42 Å². The van der Waals surface area contributed by atoms with Crippen LogP contribution in [0.3, 0.4) is 0 Å². The van der Waals surface area contributed by atoms with Gasteiger partial charge in [0.2, 0.25) is 5.78 Å². The van der Waals surface area contributed by atoms with E-state index in [1.54, 1.807) is 36.5 Å². The number of sulfonamides is 1. The standard InChI is InChI=1S/C20H18N4O4S/c1-27-16-8-9-19(18(12-16)28-2)29(25,26)23-15-6-4-14(5-7-15)17-13-24-11-3-10-21-20(24)22-17/h3-13,23H,1-2H3. The van der Waals surface area contributed by atoms with Crippen LogP contribution in [0.15, 0.2) is 72.0 Å². The van der Waals surface area contributed by atoms with Crippen LogP contribution in [0.1, 0.15) is 0 Å². The van der Waals surface area contributed by atoms with Gasteiger partial charge in [-0.1, -0.05) is 12.1 Å². The molecule has 0 atom stereocenters. The average Bonchev–Trinajstić information content (AvgIpc) is 3.17. The molecular formula is C20H18N4O4S. The van der Waals surface area contributed by atoms with Crippen LogP contribution in [0.4, 0.5) is 5.69 Å². The molecule has 0 bridgehead atoms. The second-order valence-electron chi connectivity index (χ2n) is 6.15. The normalized spacial score (nSPS) is 11.4. The third kappa shape index (κ3) is 3.72. The van der Waals surface area contributed by atoms with Crippen molar-refractivity contribution in [2.24, 2.45) is 0 Å². The van der Waals surface area contributed by atoms with Crippen LogP contribution in [0.25, 0.3) is 17.0 Å². The Labute approximate surface area is 167 Å². The minimum Gasteiger partial charge on any atom is -0.497 e. The van der Waals surface area contributed by atoms with Gasteiger partial charge in [-0.3, -0.25) is 9.12 Å². The minimum atomic E-state index is -3.84. The molecule has 4 rings (SSSR count). The first-order chi connectivity index (χ1) is 14.0. The zero-order valence-electron chi connectivity index (χ0n) is 15.7. The molecule has 0 aliphatic heterocycles. The van der Waals surface area contributed by atoms with Gasteiger partial charge < -0.3 is 9.47 Å². The van der Waals surface area contributed by atoms with Gasteiger partial charge in [-0.25, -0.2) is 18.4 Å². The number of anilines is 1. The molecule has 0 spiro atoms. The van der Waals surface area contributed by atoms with Gasteiger partial charge >= 0.3 is 0 Å². The summed E-state index contributed by atoms with van der Waals surface area (Å²) < 4.78 is 40.3. The summed E-state index contributed by atoms with van der Waals surface area (Å²) in [5.74, 6) is 1.30. The van der Waals surface area contributed by atoms with E-state index in [2.05, 4.69) is 14.7 Å². The van der Waals surface area contributed by atoms with Crippen LogP contribution in [0.5, 0.6) is 11.5 Å². The largest absolute Gasteiger partial charge is 0.497 e. The third-order valence-corrected chi connectivity index (χ3v) is 5.75. The molecule has 0 amide bonds. The number of ether oxygens (including phenoxy) is 2. The average molecular weight is 410 g/mol. The van der Waals surface area contributed by atoms with Gasteiger partial charge in [0.1, 0.15) is 16.4 Å². The Bertz CT molecular complexity index is 1230. The number of hydrogen-bond donors (Lipinski definition) is 1. The topological polar surface area (TPSA) is 94.8 Å². The fourth-order valence-electron chi connectivity index (χ4n) is 2.89. The summed E-state index contributed by atoms with van der Waals surface area (Å²) in [5, 5.41) is 0. The summed E-state index contributed by atoms with van der Waals surface area (Å²) >= 11 is 0. The Morgan fingerprint density at radius 2 is 1.83 bits per heavy atom. The predicted molar refractivity (Wildman–Crippen MR) is 109 cm³/mol. The first-order valence-corrected chi connectivity index (χ1v) is 10.1. The summed E-state index contributed by atoms with van der Waals surface area (Å²) in [4.78, 5) is 8.68. The van der Waals surface area contributed by atoms with Crippen molar-refractivity contribution in [1.29, 1.82) is 0 Å². The van der Waals surface area contributed by atoms with Crippen molar-refractivity contribution in [3.05, 3.63) is 67.1 Å². The smallest absolute Gasteiger partial charge is 0.265 e. The van der Waals surface area contributed by atoms with Crippen LogP contribution >= 0.6 is 0 Å². The number of imidazole rings is 1. The van der Waals surface area contributed by atoms with Crippen molar-refractivity contribution in [3.63, 3.8) is 0 Å². The monoisotopic (exact) mass is 410 g/mol. The fourth-order valence-corrected chi connectivity index (χ4v) is 4.10. The maximum atomic E-state index is 12.8. The predicted octanol–water partition coefficient (Wildman–Crippen LogP) is 3.21. The molecule has 0 saturated carbocycles. The first kappa shape index (κ1) is 18.8. The first-order valence-electron chi connectivity index (χ1n) is 8.65. The molecule has 148 valence electrons. The second kappa shape index (κ2) is 7.44. The lowest BCUT2D eigenvalue weighted by atomic mass is 10.1. The maximum Gasteiger partial charge on any atom is 0.265 e. The van der Waals surface area contributed by atoms with E-state index in [1.165, 1.54) is 26.4 Å². The van der Waals surface area contributed by atoms with Gasteiger partial charge in [0.25, 0.3) is 10.0 Å². The third-order valence-electron chi connectivity index (χ3n) is 4.33. The van der Waals surface area contributed by atoms with Crippen molar-refractivity contribution in [1.82, 2.24) is 14.4 Å². The van der Waals surface area contributed by atoms with Crippen LogP contribution in [-0.4, -0.2) is 37.0 Å². The minimum absolute atomic E-state index is 0.0244. The number of nitrogens with zero attached hydrogens (tertiary/aromatic N) is 3. The highest BCUT2D eigenvalue weighted by Crippen LogP contribution is 2.30. The van der Waals surface area contributed by atoms with Crippen LogP contribution < -0.4 is 14.2 Å². The van der Waals surface area contributed by atoms with Crippen molar-refractivity contribution in [2.45, 2.75) is 4.90 Å². The van der Waals surface area contributed by atoms with Crippen LogP contribution in [0, 0.1) is 0 Å². The Balaban J connectivity index is 1.59. The van der Waals surface area contributed by atoms with Gasteiger partial charge in [0.15, 0.2) is 0 Å². The van der Waals surface area contributed by atoms with Gasteiger partial charge in [0, 0.05) is 35.9 Å². The van der Waals surface area contributed by atoms with Crippen molar-refractivity contribution < 1.29 is 17.9 Å². The van der Waals surface area contributed by atoms with E-state index < -0.39 is 10.0 Å². The maximum absolute atomic E-state index is 12.8. The van der Waals surface area contributed by atoms with Crippen LogP contribution in [0.2, 0.25) is 0 Å². The Morgan fingerprint density at radius 1 is 1.03 bits per heavy atom. The van der Waals surface area contributed by atoms with Crippen molar-refractivity contribution in [3.8, 4) is 22.8 Å². The molecule has 2 aromatic carbocycles. The number of rotatable bonds is 6. The molecule has 1 N–H and O–H groups in total. The highest BCUT2D eigenvalue weighted by atomic mass is 32.2. The molecule has 0 unspecified atom stereocenters. The fraction of sp³-hybridized carbons (Fsp3) is 0.100. The van der Waals surface area contributed by atoms with E-state index >= 15 is 0 Å². The van der Waals surface area contributed by atoms with E-state index in [0.717, 1.165) is 11.3 Å². The summed E-state index contributed by atoms with van der Waals surface area (Å²) in [7, 11) is -0.928. The molecule has 8 nitrogen and oxygen atoms in total. The van der Waals surface area contributed by atoms with E-state index in [4.69, 9.17) is 9.47 Å². The molecule has 0 aliphatic carbocycles. The highest BCUT2D eigenvalue weighted by Gasteiger charge is 2.20. The summed E-state index contributed by atoms with van der Waals surface area (Å²) in [5.41, 5.74) is 2.02. The van der Waals surface area contributed by atoms with E-state index in [0.29, 0.717) is 17.2 Å². The number of aromatic nitrogens is 3. The summed E-state index contributed by atoms with van der Waals surface area (Å²) in [6.07, 6.45) is 5.41. The summed E-state index contributed by atoms with van der Waals surface area (Å²) in [6, 6.07) is 13.3. The molecule has 2 aromatic heterocycles. The van der Waals surface area contributed by atoms with Crippen molar-refractivity contribution in [2.75, 3.05) is 18.9 Å². The van der Waals surface area contributed by atoms with Gasteiger partial charge in [0.05, 0.1) is 19.9 Å². The number of hydrogen-bond acceptors (Lipinski definition) is 6. The van der Waals surface area contributed by atoms with E-state index in [-0.39, 0.29) is 10.6 Å². The van der Waals surface area contributed by atoms with Crippen LogP contribution in [-0.2, 0) is 10.0 Å². The molecule has 0 saturated heterocycles. The SMILES string of the molecule is COc1ccc(S(=O)(=O)Nc2ccc(-c3cn4cccnc4n3)cc2)c(OC)c1. The quantitative estimate of drug-likeness (QED) is 0.524. The molecule has 0 radical (unpaired) electrons. The Hall–Kier alpha value is -3.59. The zero-order chi connectivity index (χ0) is 20.4. The number of nitrogens with one attached hydrogen (secondary N) is 1. The van der Waals surface area contributed by atoms with Gasteiger partial charge in [-0.2, -0.15) is 0 Å². The highest BCUT2D eigenvalue weighted by molar-refractivity contribution is 7.92. The second-order valence-corrected chi connectivity index (χ2v) is 7.80. The molecular weight excluding hydrogens is 392 g/mol. The number of benzene rings is 2. The number of methoxy groups -OCH3 is 2. The zero-order valence-corrected chi connectivity index (χ0v) is 16.6.